The molecule has 6 nitrogen and oxygen atoms in total. The van der Waals surface area contributed by atoms with Gasteiger partial charge >= 0.3 is 0 Å². The molecule has 2 aromatic carbocycles. The standard InChI is InChI=1S/C29H24ClN3O3S3/c30-21-11-13-22(14-12-21)32-39(35,36)24-8-1-6-20(18-24)29(34)33-28(26-10-4-16-38-26)25-9-2-5-19(27(25)31-33)17-23-7-3-15-37-23/h1,3-4,6-8,10-18,25,28,32H,2,5,9H2/b19-17-/t25-,28+/m0/s1. The Hall–Kier alpha value is -3.24. The number of hydrogen-bond donors (Lipinski definition) is 1. The molecule has 39 heavy (non-hydrogen) atoms. The second-order valence-electron chi connectivity index (χ2n) is 9.42. The Morgan fingerprint density at radius 1 is 1.03 bits per heavy atom. The van der Waals surface area contributed by atoms with Crippen LogP contribution in [-0.4, -0.2) is 25.0 Å². The number of amides is 1. The van der Waals surface area contributed by atoms with Crippen LogP contribution in [0.3, 0.4) is 0 Å². The molecular formula is C29H24ClN3O3S3. The molecule has 198 valence electrons. The maximum absolute atomic E-state index is 14.0. The molecule has 2 aromatic heterocycles. The number of sulfonamides is 1. The number of hydrogen-bond acceptors (Lipinski definition) is 6. The third-order valence-electron chi connectivity index (χ3n) is 6.89. The van der Waals surface area contributed by atoms with E-state index in [0.29, 0.717) is 10.7 Å². The van der Waals surface area contributed by atoms with E-state index in [-0.39, 0.29) is 28.3 Å². The Labute approximate surface area is 240 Å². The maximum atomic E-state index is 14.0. The highest BCUT2D eigenvalue weighted by Gasteiger charge is 2.44. The van der Waals surface area contributed by atoms with Crippen molar-refractivity contribution in [1.82, 2.24) is 5.01 Å². The number of hydrazone groups is 1. The largest absolute Gasteiger partial charge is 0.280 e. The summed E-state index contributed by atoms with van der Waals surface area (Å²) in [6.45, 7) is 0. The lowest BCUT2D eigenvalue weighted by Crippen LogP contribution is -2.31. The van der Waals surface area contributed by atoms with Crippen LogP contribution in [0.15, 0.2) is 99.1 Å². The first kappa shape index (κ1) is 26.0. The summed E-state index contributed by atoms with van der Waals surface area (Å²) in [5, 5.41) is 11.1. The number of carbonyl (C=O) groups is 1. The normalized spacial score (nSPS) is 20.1. The maximum Gasteiger partial charge on any atom is 0.274 e. The topological polar surface area (TPSA) is 78.8 Å². The predicted molar refractivity (Wildman–Crippen MR) is 159 cm³/mol. The number of anilines is 1. The summed E-state index contributed by atoms with van der Waals surface area (Å²) < 4.78 is 28.8. The van der Waals surface area contributed by atoms with Crippen LogP contribution in [0, 0.1) is 5.92 Å². The fraction of sp³-hybridized carbons (Fsp3) is 0.172. The van der Waals surface area contributed by atoms with Crippen molar-refractivity contribution in [2.45, 2.75) is 30.2 Å². The highest BCUT2D eigenvalue weighted by molar-refractivity contribution is 7.92. The van der Waals surface area contributed by atoms with E-state index in [1.54, 1.807) is 64.1 Å². The molecule has 3 heterocycles. The van der Waals surface area contributed by atoms with Gasteiger partial charge in [0.15, 0.2) is 0 Å². The third kappa shape index (κ3) is 5.32. The summed E-state index contributed by atoms with van der Waals surface area (Å²) in [5.74, 6) is -0.236. The fourth-order valence-corrected chi connectivity index (χ4v) is 7.90. The van der Waals surface area contributed by atoms with Gasteiger partial charge in [0, 0.05) is 31.9 Å². The molecule has 10 heteroatoms. The van der Waals surface area contributed by atoms with Gasteiger partial charge in [-0.15, -0.1) is 22.7 Å². The number of benzene rings is 2. The Morgan fingerprint density at radius 3 is 2.56 bits per heavy atom. The Bertz CT molecular complexity index is 1660. The molecule has 1 aliphatic heterocycles. The molecule has 2 aliphatic rings. The minimum atomic E-state index is -3.93. The lowest BCUT2D eigenvalue weighted by atomic mass is 9.79. The first-order valence-corrected chi connectivity index (χ1v) is 16.1. The molecule has 2 atom stereocenters. The minimum absolute atomic E-state index is 0.00137. The molecule has 6 rings (SSSR count). The Balaban J connectivity index is 1.34. The van der Waals surface area contributed by atoms with Crippen LogP contribution >= 0.6 is 34.3 Å². The van der Waals surface area contributed by atoms with Crippen LogP contribution in [0.5, 0.6) is 0 Å². The van der Waals surface area contributed by atoms with Crippen molar-refractivity contribution >= 4 is 67.7 Å². The van der Waals surface area contributed by atoms with Crippen molar-refractivity contribution in [2.24, 2.45) is 11.0 Å². The second kappa shape index (κ2) is 10.7. The highest BCUT2D eigenvalue weighted by atomic mass is 35.5. The zero-order valence-electron chi connectivity index (χ0n) is 20.7. The average molecular weight is 594 g/mol. The van der Waals surface area contributed by atoms with Crippen LogP contribution in [0.4, 0.5) is 5.69 Å². The van der Waals surface area contributed by atoms with E-state index in [2.05, 4.69) is 22.2 Å². The molecular weight excluding hydrogens is 570 g/mol. The van der Waals surface area contributed by atoms with Crippen molar-refractivity contribution in [3.05, 3.63) is 109 Å². The van der Waals surface area contributed by atoms with Crippen molar-refractivity contribution in [1.29, 1.82) is 0 Å². The zero-order chi connectivity index (χ0) is 27.0. The summed E-state index contributed by atoms with van der Waals surface area (Å²) >= 11 is 9.21. The number of thiophene rings is 2. The van der Waals surface area contributed by atoms with E-state index < -0.39 is 10.0 Å². The van der Waals surface area contributed by atoms with Gasteiger partial charge < -0.3 is 0 Å². The van der Waals surface area contributed by atoms with Gasteiger partial charge in [0.05, 0.1) is 16.6 Å². The van der Waals surface area contributed by atoms with E-state index in [0.717, 1.165) is 40.3 Å². The smallest absolute Gasteiger partial charge is 0.274 e. The van der Waals surface area contributed by atoms with E-state index in [9.17, 15) is 13.2 Å². The van der Waals surface area contributed by atoms with Gasteiger partial charge in [0.1, 0.15) is 0 Å². The van der Waals surface area contributed by atoms with Gasteiger partial charge in [-0.2, -0.15) is 5.10 Å². The van der Waals surface area contributed by atoms with Crippen molar-refractivity contribution < 1.29 is 13.2 Å². The van der Waals surface area contributed by atoms with Crippen LogP contribution in [0.2, 0.25) is 5.02 Å². The molecule has 0 bridgehead atoms. The molecule has 1 aliphatic carbocycles. The quantitative estimate of drug-likeness (QED) is 0.249. The zero-order valence-corrected chi connectivity index (χ0v) is 23.9. The van der Waals surface area contributed by atoms with Crippen LogP contribution in [0.25, 0.3) is 6.08 Å². The van der Waals surface area contributed by atoms with E-state index in [4.69, 9.17) is 16.7 Å². The lowest BCUT2D eigenvalue weighted by Gasteiger charge is -2.28. The number of fused-ring (bicyclic) bond motifs is 1. The highest BCUT2D eigenvalue weighted by Crippen LogP contribution is 2.46. The number of carbonyl (C=O) groups excluding carboxylic acids is 1. The number of nitrogens with zero attached hydrogens (tertiary/aromatic N) is 2. The van der Waals surface area contributed by atoms with E-state index >= 15 is 0 Å². The molecule has 4 aromatic rings. The summed E-state index contributed by atoms with van der Waals surface area (Å²) in [6.07, 6.45) is 5.06. The third-order valence-corrected chi connectivity index (χ3v) is 10.3. The molecule has 0 saturated heterocycles. The predicted octanol–water partition coefficient (Wildman–Crippen LogP) is 7.70. The minimum Gasteiger partial charge on any atom is -0.280 e. The van der Waals surface area contributed by atoms with E-state index in [1.165, 1.54) is 12.1 Å². The lowest BCUT2D eigenvalue weighted by molar-refractivity contribution is 0.0684. The first-order chi connectivity index (χ1) is 18.9. The number of allylic oxidation sites excluding steroid dienone is 1. The van der Waals surface area contributed by atoms with E-state index in [1.807, 2.05) is 23.6 Å². The monoisotopic (exact) mass is 593 g/mol. The van der Waals surface area contributed by atoms with Gasteiger partial charge in [-0.3, -0.25) is 9.52 Å². The van der Waals surface area contributed by atoms with Gasteiger partial charge in [-0.1, -0.05) is 29.8 Å². The summed E-state index contributed by atoms with van der Waals surface area (Å²) in [4.78, 5) is 16.2. The van der Waals surface area contributed by atoms with Gasteiger partial charge in [-0.05, 0) is 96.3 Å². The Morgan fingerprint density at radius 2 is 1.82 bits per heavy atom. The molecule has 1 fully saturated rings. The molecule has 0 spiro atoms. The summed E-state index contributed by atoms with van der Waals surface area (Å²) in [5.41, 5.74) is 2.76. The SMILES string of the molecule is O=C(c1cccc(S(=O)(=O)Nc2ccc(Cl)cc2)c1)N1N=C2/C(=C\c3cccs3)CCC[C@@H]2[C@@H]1c1cccs1. The molecule has 1 amide bonds. The molecule has 0 radical (unpaired) electrons. The second-order valence-corrected chi connectivity index (χ2v) is 13.5. The molecule has 0 unspecified atom stereocenters. The van der Waals surface area contributed by atoms with Crippen molar-refractivity contribution in [3.8, 4) is 0 Å². The van der Waals surface area contributed by atoms with Crippen molar-refractivity contribution in [2.75, 3.05) is 4.72 Å². The summed E-state index contributed by atoms with van der Waals surface area (Å²) in [7, 11) is -3.93. The number of halogens is 1. The van der Waals surface area contributed by atoms with Crippen molar-refractivity contribution in [3.63, 3.8) is 0 Å². The van der Waals surface area contributed by atoms with Crippen LogP contribution < -0.4 is 4.72 Å². The molecule has 1 saturated carbocycles. The summed E-state index contributed by atoms with van der Waals surface area (Å²) in [6, 6.07) is 20.4. The fourth-order valence-electron chi connectivity index (χ4n) is 5.11. The van der Waals surface area contributed by atoms with Gasteiger partial charge in [0.2, 0.25) is 0 Å². The van der Waals surface area contributed by atoms with Crippen LogP contribution in [-0.2, 0) is 10.0 Å². The van der Waals surface area contributed by atoms with Gasteiger partial charge in [-0.25, -0.2) is 13.4 Å². The first-order valence-electron chi connectivity index (χ1n) is 12.5. The number of rotatable bonds is 6. The molecule has 1 N–H and O–H groups in total. The number of nitrogens with one attached hydrogen (secondary N) is 1. The van der Waals surface area contributed by atoms with Gasteiger partial charge in [0.25, 0.3) is 15.9 Å². The van der Waals surface area contributed by atoms with Crippen LogP contribution in [0.1, 0.15) is 45.4 Å². The Kier molecular flexibility index (Phi) is 7.16. The average Bonchev–Trinajstić information content (AvgIpc) is 3.71.